The summed E-state index contributed by atoms with van der Waals surface area (Å²) in [7, 11) is 0. The number of nitrogens with two attached hydrogens (primary N) is 2. The second-order valence-electron chi connectivity index (χ2n) is 4.10. The van der Waals surface area contributed by atoms with Crippen molar-refractivity contribution in [3.63, 3.8) is 0 Å². The molecule has 0 aliphatic carbocycles. The van der Waals surface area contributed by atoms with Crippen LogP contribution in [0.1, 0.15) is 15.9 Å². The van der Waals surface area contributed by atoms with Crippen molar-refractivity contribution in [2.45, 2.75) is 0 Å². The number of nitrogens with one attached hydrogen (secondary N) is 1. The van der Waals surface area contributed by atoms with E-state index in [2.05, 4.69) is 5.32 Å². The summed E-state index contributed by atoms with van der Waals surface area (Å²) in [5.41, 5.74) is 13.4. The van der Waals surface area contributed by atoms with E-state index < -0.39 is 5.91 Å². The molecule has 2 aromatic rings. The van der Waals surface area contributed by atoms with Crippen LogP contribution in [-0.2, 0) is 0 Å². The van der Waals surface area contributed by atoms with Crippen LogP contribution in [0.3, 0.4) is 0 Å². The van der Waals surface area contributed by atoms with E-state index in [4.69, 9.17) is 28.3 Å². The number of hydrogen-bond donors (Lipinski definition) is 3. The Bertz CT molecular complexity index is 722. The van der Waals surface area contributed by atoms with Gasteiger partial charge in [0.15, 0.2) is 0 Å². The normalized spacial score (nSPS) is 9.80. The molecule has 0 aliphatic rings. The zero-order valence-electron chi connectivity index (χ0n) is 10.4. The van der Waals surface area contributed by atoms with E-state index in [1.165, 1.54) is 6.07 Å². The highest BCUT2D eigenvalue weighted by molar-refractivity contribution is 6.33. The number of halogens is 1. The molecule has 100 valence electrons. The predicted molar refractivity (Wildman–Crippen MR) is 78.8 cm³/mol. The summed E-state index contributed by atoms with van der Waals surface area (Å²) in [5, 5.41) is 12.2. The molecule has 2 aromatic carbocycles. The van der Waals surface area contributed by atoms with Gasteiger partial charge in [-0.2, -0.15) is 5.26 Å². The first-order chi connectivity index (χ1) is 9.51. The lowest BCUT2D eigenvalue weighted by Crippen LogP contribution is -2.11. The lowest BCUT2D eigenvalue weighted by atomic mass is 10.1. The fourth-order valence-corrected chi connectivity index (χ4v) is 1.88. The van der Waals surface area contributed by atoms with E-state index in [1.54, 1.807) is 30.3 Å². The molecule has 20 heavy (non-hydrogen) atoms. The van der Waals surface area contributed by atoms with Crippen LogP contribution in [0.5, 0.6) is 0 Å². The molecule has 0 radical (unpaired) electrons. The molecule has 0 fully saturated rings. The van der Waals surface area contributed by atoms with E-state index in [9.17, 15) is 4.79 Å². The molecule has 6 heteroatoms. The molecule has 0 saturated heterocycles. The van der Waals surface area contributed by atoms with Gasteiger partial charge in [-0.1, -0.05) is 11.6 Å². The maximum absolute atomic E-state index is 11.2. The molecule has 0 aromatic heterocycles. The highest BCUT2D eigenvalue weighted by Crippen LogP contribution is 2.29. The van der Waals surface area contributed by atoms with Crippen molar-refractivity contribution in [2.75, 3.05) is 11.1 Å². The summed E-state index contributed by atoms with van der Waals surface area (Å²) >= 11 is 6.07. The van der Waals surface area contributed by atoms with Crippen molar-refractivity contribution in [2.24, 2.45) is 5.73 Å². The van der Waals surface area contributed by atoms with E-state index in [1.807, 2.05) is 6.07 Å². The minimum absolute atomic E-state index is 0.339. The Balaban J connectivity index is 2.37. The van der Waals surface area contributed by atoms with Crippen molar-refractivity contribution in [3.8, 4) is 6.07 Å². The van der Waals surface area contributed by atoms with Gasteiger partial charge in [-0.25, -0.2) is 0 Å². The summed E-state index contributed by atoms with van der Waals surface area (Å²) in [4.78, 5) is 11.2. The predicted octanol–water partition coefficient (Wildman–Crippen LogP) is 2.64. The van der Waals surface area contributed by atoms with Crippen LogP contribution in [0.25, 0.3) is 0 Å². The van der Waals surface area contributed by atoms with Gasteiger partial charge in [0.25, 0.3) is 0 Å². The monoisotopic (exact) mass is 286 g/mol. The van der Waals surface area contributed by atoms with Crippen LogP contribution in [0.4, 0.5) is 17.1 Å². The van der Waals surface area contributed by atoms with Gasteiger partial charge in [0, 0.05) is 5.56 Å². The summed E-state index contributed by atoms with van der Waals surface area (Å²) in [6, 6.07) is 11.5. The number of amides is 1. The first kappa shape index (κ1) is 13.7. The Kier molecular flexibility index (Phi) is 3.78. The average Bonchev–Trinajstić information content (AvgIpc) is 2.42. The van der Waals surface area contributed by atoms with Crippen LogP contribution in [0.2, 0.25) is 5.02 Å². The molecule has 0 unspecified atom stereocenters. The smallest absolute Gasteiger partial charge is 0.248 e. The number of primary amides is 1. The molecular formula is C14H11ClN4O. The van der Waals surface area contributed by atoms with Gasteiger partial charge in [-0.15, -0.1) is 0 Å². The molecule has 1 amide bonds. The number of carbonyl (C=O) groups is 1. The van der Waals surface area contributed by atoms with Crippen LogP contribution >= 0.6 is 11.6 Å². The van der Waals surface area contributed by atoms with Gasteiger partial charge >= 0.3 is 0 Å². The quantitative estimate of drug-likeness (QED) is 0.754. The van der Waals surface area contributed by atoms with Crippen molar-refractivity contribution in [1.82, 2.24) is 0 Å². The molecule has 5 N–H and O–H groups in total. The summed E-state index contributed by atoms with van der Waals surface area (Å²) < 4.78 is 0. The third kappa shape index (κ3) is 2.82. The van der Waals surface area contributed by atoms with Gasteiger partial charge < -0.3 is 16.8 Å². The first-order valence-corrected chi connectivity index (χ1v) is 6.05. The Hall–Kier alpha value is -2.71. The SMILES string of the molecule is N#Cc1ccc(Nc2cc(C(N)=O)ccc2N)c(Cl)c1. The number of anilines is 3. The minimum atomic E-state index is -0.543. The highest BCUT2D eigenvalue weighted by atomic mass is 35.5. The zero-order chi connectivity index (χ0) is 14.7. The van der Waals surface area contributed by atoms with Crippen LogP contribution < -0.4 is 16.8 Å². The number of carbonyl (C=O) groups excluding carboxylic acids is 1. The third-order valence-corrected chi connectivity index (χ3v) is 3.02. The first-order valence-electron chi connectivity index (χ1n) is 5.67. The fourth-order valence-electron chi connectivity index (χ4n) is 1.65. The summed E-state index contributed by atoms with van der Waals surface area (Å²) in [6.45, 7) is 0. The number of nitrogen functional groups attached to an aromatic ring is 1. The number of rotatable bonds is 3. The molecular weight excluding hydrogens is 276 g/mol. The van der Waals surface area contributed by atoms with Crippen molar-refractivity contribution >= 4 is 34.6 Å². The lowest BCUT2D eigenvalue weighted by Gasteiger charge is -2.12. The average molecular weight is 287 g/mol. The van der Waals surface area contributed by atoms with Crippen LogP contribution in [0.15, 0.2) is 36.4 Å². The fraction of sp³-hybridized carbons (Fsp3) is 0. The summed E-state index contributed by atoms with van der Waals surface area (Å²) in [6.07, 6.45) is 0. The van der Waals surface area contributed by atoms with E-state index >= 15 is 0 Å². The Labute approximate surface area is 120 Å². The topological polar surface area (TPSA) is 105 Å². The highest BCUT2D eigenvalue weighted by Gasteiger charge is 2.08. The Morgan fingerprint density at radius 2 is 1.95 bits per heavy atom. The van der Waals surface area contributed by atoms with Gasteiger partial charge in [0.05, 0.1) is 33.7 Å². The number of nitriles is 1. The van der Waals surface area contributed by atoms with Gasteiger partial charge in [-0.05, 0) is 36.4 Å². The zero-order valence-corrected chi connectivity index (χ0v) is 11.1. The molecule has 0 saturated carbocycles. The Morgan fingerprint density at radius 1 is 1.20 bits per heavy atom. The van der Waals surface area contributed by atoms with E-state index in [-0.39, 0.29) is 0 Å². The molecule has 5 nitrogen and oxygen atoms in total. The molecule has 2 rings (SSSR count). The second-order valence-corrected chi connectivity index (χ2v) is 4.50. The third-order valence-electron chi connectivity index (χ3n) is 2.71. The summed E-state index contributed by atoms with van der Waals surface area (Å²) in [5.74, 6) is -0.543. The van der Waals surface area contributed by atoms with E-state index in [0.717, 1.165) is 0 Å². The van der Waals surface area contributed by atoms with Gasteiger partial charge in [-0.3, -0.25) is 4.79 Å². The maximum atomic E-state index is 11.2. The minimum Gasteiger partial charge on any atom is -0.397 e. The largest absolute Gasteiger partial charge is 0.397 e. The molecule has 0 bridgehead atoms. The molecule has 0 spiro atoms. The van der Waals surface area contributed by atoms with E-state index in [0.29, 0.717) is 33.2 Å². The lowest BCUT2D eigenvalue weighted by molar-refractivity contribution is 0.100. The second kappa shape index (κ2) is 5.51. The van der Waals surface area contributed by atoms with Crippen molar-refractivity contribution in [1.29, 1.82) is 5.26 Å². The van der Waals surface area contributed by atoms with Gasteiger partial charge in [0.2, 0.25) is 5.91 Å². The van der Waals surface area contributed by atoms with Crippen molar-refractivity contribution < 1.29 is 4.79 Å². The van der Waals surface area contributed by atoms with Crippen molar-refractivity contribution in [3.05, 3.63) is 52.5 Å². The standard InChI is InChI=1S/C14H11ClN4O/c15-10-5-8(7-16)1-4-12(10)19-13-6-9(14(18)20)2-3-11(13)17/h1-6,19H,17H2,(H2,18,20). The van der Waals surface area contributed by atoms with Crippen LogP contribution in [-0.4, -0.2) is 5.91 Å². The number of nitrogens with zero attached hydrogens (tertiary/aromatic N) is 1. The Morgan fingerprint density at radius 3 is 2.55 bits per heavy atom. The maximum Gasteiger partial charge on any atom is 0.248 e. The van der Waals surface area contributed by atoms with Crippen LogP contribution in [0, 0.1) is 11.3 Å². The molecule has 0 heterocycles. The number of benzene rings is 2. The molecule has 0 aliphatic heterocycles. The molecule has 0 atom stereocenters. The number of hydrogen-bond acceptors (Lipinski definition) is 4. The van der Waals surface area contributed by atoms with Gasteiger partial charge in [0.1, 0.15) is 0 Å².